The molecule has 0 unspecified atom stereocenters. The summed E-state index contributed by atoms with van der Waals surface area (Å²) >= 11 is 0. The van der Waals surface area contributed by atoms with Gasteiger partial charge in [-0.2, -0.15) is 18.3 Å². The SMILES string of the molecule is Cn1cc(COc2ccc(C(F)(F)F)cc2N)cn1. The molecule has 7 heteroatoms. The van der Waals surface area contributed by atoms with Crippen LogP contribution >= 0.6 is 0 Å². The molecule has 0 aliphatic carbocycles. The lowest BCUT2D eigenvalue weighted by atomic mass is 10.2. The molecule has 0 fully saturated rings. The van der Waals surface area contributed by atoms with Gasteiger partial charge >= 0.3 is 6.18 Å². The number of nitrogens with two attached hydrogens (primary N) is 1. The van der Waals surface area contributed by atoms with Crippen LogP contribution < -0.4 is 10.5 Å². The van der Waals surface area contributed by atoms with Crippen LogP contribution in [0, 0.1) is 0 Å². The molecule has 4 nitrogen and oxygen atoms in total. The number of aromatic nitrogens is 2. The van der Waals surface area contributed by atoms with Crippen LogP contribution in [0.4, 0.5) is 18.9 Å². The van der Waals surface area contributed by atoms with Gasteiger partial charge in [-0.3, -0.25) is 4.68 Å². The van der Waals surface area contributed by atoms with E-state index in [1.165, 1.54) is 6.07 Å². The number of nitrogen functional groups attached to an aromatic ring is 1. The lowest BCUT2D eigenvalue weighted by molar-refractivity contribution is -0.137. The van der Waals surface area contributed by atoms with Gasteiger partial charge in [0.25, 0.3) is 0 Å². The maximum atomic E-state index is 12.4. The van der Waals surface area contributed by atoms with E-state index in [4.69, 9.17) is 10.5 Å². The predicted octanol–water partition coefficient (Wildman–Crippen LogP) is 2.60. The van der Waals surface area contributed by atoms with Gasteiger partial charge in [0.1, 0.15) is 12.4 Å². The number of aryl methyl sites for hydroxylation is 1. The predicted molar refractivity (Wildman–Crippen MR) is 63.4 cm³/mol. The zero-order valence-corrected chi connectivity index (χ0v) is 10.1. The highest BCUT2D eigenvalue weighted by atomic mass is 19.4. The topological polar surface area (TPSA) is 53.1 Å². The second kappa shape index (κ2) is 4.83. The molecule has 0 atom stereocenters. The Hall–Kier alpha value is -2.18. The minimum Gasteiger partial charge on any atom is -0.487 e. The number of ether oxygens (including phenoxy) is 1. The third-order valence-electron chi connectivity index (χ3n) is 2.49. The van der Waals surface area contributed by atoms with E-state index in [1.54, 1.807) is 24.1 Å². The highest BCUT2D eigenvalue weighted by Gasteiger charge is 2.30. The van der Waals surface area contributed by atoms with Crippen molar-refractivity contribution in [3.63, 3.8) is 0 Å². The Morgan fingerprint density at radius 1 is 1.37 bits per heavy atom. The number of rotatable bonds is 3. The molecule has 2 N–H and O–H groups in total. The van der Waals surface area contributed by atoms with Crippen molar-refractivity contribution in [2.45, 2.75) is 12.8 Å². The van der Waals surface area contributed by atoms with Gasteiger partial charge in [0, 0.05) is 18.8 Å². The summed E-state index contributed by atoms with van der Waals surface area (Å²) in [5, 5.41) is 3.95. The molecule has 0 radical (unpaired) electrons. The summed E-state index contributed by atoms with van der Waals surface area (Å²) in [7, 11) is 1.76. The van der Waals surface area contributed by atoms with Crippen molar-refractivity contribution in [1.82, 2.24) is 9.78 Å². The van der Waals surface area contributed by atoms with Crippen LogP contribution in [-0.2, 0) is 19.8 Å². The minimum absolute atomic E-state index is 0.0429. The number of hydrogen-bond acceptors (Lipinski definition) is 3. The first-order valence-electron chi connectivity index (χ1n) is 5.43. The number of halogens is 3. The lowest BCUT2D eigenvalue weighted by Gasteiger charge is -2.11. The number of alkyl halides is 3. The van der Waals surface area contributed by atoms with Crippen LogP contribution in [0.1, 0.15) is 11.1 Å². The van der Waals surface area contributed by atoms with Gasteiger partial charge in [-0.05, 0) is 18.2 Å². The fraction of sp³-hybridized carbons (Fsp3) is 0.250. The zero-order chi connectivity index (χ0) is 14.0. The standard InChI is InChI=1S/C12H12F3N3O/c1-18-6-8(5-17-18)7-19-11-3-2-9(4-10(11)16)12(13,14)15/h2-6H,7,16H2,1H3. The Labute approximate surface area is 107 Å². The van der Waals surface area contributed by atoms with Crippen molar-refractivity contribution in [2.24, 2.45) is 7.05 Å². The average Bonchev–Trinajstić information content (AvgIpc) is 2.72. The van der Waals surface area contributed by atoms with E-state index < -0.39 is 11.7 Å². The lowest BCUT2D eigenvalue weighted by Crippen LogP contribution is -2.06. The number of nitrogens with zero attached hydrogens (tertiary/aromatic N) is 2. The summed E-state index contributed by atoms with van der Waals surface area (Å²) in [6, 6.07) is 3.02. The minimum atomic E-state index is -4.41. The fourth-order valence-corrected chi connectivity index (χ4v) is 1.56. The maximum absolute atomic E-state index is 12.4. The van der Waals surface area contributed by atoms with Gasteiger partial charge in [0.2, 0.25) is 0 Å². The van der Waals surface area contributed by atoms with E-state index in [1.807, 2.05) is 0 Å². The smallest absolute Gasteiger partial charge is 0.416 e. The summed E-state index contributed by atoms with van der Waals surface area (Å²) in [6.07, 6.45) is -1.05. The molecule has 1 heterocycles. The molecule has 0 aliphatic heterocycles. The van der Waals surface area contributed by atoms with E-state index >= 15 is 0 Å². The molecule has 0 spiro atoms. The normalized spacial score (nSPS) is 11.6. The molecule has 0 saturated carbocycles. The zero-order valence-electron chi connectivity index (χ0n) is 10.1. The van der Waals surface area contributed by atoms with E-state index in [2.05, 4.69) is 5.10 Å². The van der Waals surface area contributed by atoms with Crippen molar-refractivity contribution in [3.05, 3.63) is 41.7 Å². The van der Waals surface area contributed by atoms with Crippen molar-refractivity contribution in [2.75, 3.05) is 5.73 Å². The number of benzene rings is 1. The van der Waals surface area contributed by atoms with Crippen molar-refractivity contribution in [3.8, 4) is 5.75 Å². The van der Waals surface area contributed by atoms with Crippen LogP contribution in [0.2, 0.25) is 0 Å². The van der Waals surface area contributed by atoms with Crippen molar-refractivity contribution in [1.29, 1.82) is 0 Å². The Morgan fingerprint density at radius 3 is 2.63 bits per heavy atom. The van der Waals surface area contributed by atoms with E-state index in [-0.39, 0.29) is 18.0 Å². The monoisotopic (exact) mass is 271 g/mol. The van der Waals surface area contributed by atoms with Crippen LogP contribution in [0.25, 0.3) is 0 Å². The first kappa shape index (κ1) is 13.3. The Balaban J connectivity index is 2.09. The second-order valence-electron chi connectivity index (χ2n) is 4.06. The summed E-state index contributed by atoms with van der Waals surface area (Å²) in [6.45, 7) is 0.198. The molecule has 2 aromatic rings. The molecule has 102 valence electrons. The molecular weight excluding hydrogens is 259 g/mol. The van der Waals surface area contributed by atoms with Gasteiger partial charge in [-0.1, -0.05) is 0 Å². The van der Waals surface area contributed by atoms with Crippen molar-refractivity contribution >= 4 is 5.69 Å². The highest BCUT2D eigenvalue weighted by molar-refractivity contribution is 5.54. The number of hydrogen-bond donors (Lipinski definition) is 1. The fourth-order valence-electron chi connectivity index (χ4n) is 1.56. The van der Waals surface area contributed by atoms with Crippen LogP contribution in [0.5, 0.6) is 5.75 Å². The second-order valence-corrected chi connectivity index (χ2v) is 4.06. The maximum Gasteiger partial charge on any atom is 0.416 e. The molecule has 1 aromatic heterocycles. The first-order valence-corrected chi connectivity index (χ1v) is 5.43. The van der Waals surface area contributed by atoms with E-state index in [9.17, 15) is 13.2 Å². The van der Waals surface area contributed by atoms with E-state index in [0.29, 0.717) is 0 Å². The van der Waals surface area contributed by atoms with Crippen LogP contribution in [0.3, 0.4) is 0 Å². The quantitative estimate of drug-likeness (QED) is 0.873. The van der Waals surface area contributed by atoms with Crippen LogP contribution in [0.15, 0.2) is 30.6 Å². The number of anilines is 1. The highest BCUT2D eigenvalue weighted by Crippen LogP contribution is 2.33. The third-order valence-corrected chi connectivity index (χ3v) is 2.49. The molecule has 0 amide bonds. The van der Waals surface area contributed by atoms with Gasteiger partial charge < -0.3 is 10.5 Å². The third kappa shape index (κ3) is 3.18. The molecule has 0 aliphatic rings. The average molecular weight is 271 g/mol. The van der Waals surface area contributed by atoms with Gasteiger partial charge in [0.05, 0.1) is 17.4 Å². The van der Waals surface area contributed by atoms with Crippen molar-refractivity contribution < 1.29 is 17.9 Å². The summed E-state index contributed by atoms with van der Waals surface area (Å²) in [5.41, 5.74) is 5.51. The molecule has 0 bridgehead atoms. The molecule has 19 heavy (non-hydrogen) atoms. The van der Waals surface area contributed by atoms with Gasteiger partial charge in [-0.15, -0.1) is 0 Å². The Bertz CT molecular complexity index is 578. The molecule has 1 aromatic carbocycles. The van der Waals surface area contributed by atoms with Gasteiger partial charge in [0.15, 0.2) is 0 Å². The van der Waals surface area contributed by atoms with Gasteiger partial charge in [-0.25, -0.2) is 0 Å². The molecule has 2 rings (SSSR count). The molecule has 0 saturated heterocycles. The Morgan fingerprint density at radius 2 is 2.11 bits per heavy atom. The molecular formula is C12H12F3N3O. The largest absolute Gasteiger partial charge is 0.487 e. The van der Waals surface area contributed by atoms with Crippen LogP contribution in [-0.4, -0.2) is 9.78 Å². The van der Waals surface area contributed by atoms with E-state index in [0.717, 1.165) is 17.7 Å². The summed E-state index contributed by atoms with van der Waals surface area (Å²) in [4.78, 5) is 0. The summed E-state index contributed by atoms with van der Waals surface area (Å²) < 4.78 is 44.3. The Kier molecular flexibility index (Phi) is 3.37. The first-order chi connectivity index (χ1) is 8.86. The summed E-state index contributed by atoms with van der Waals surface area (Å²) in [5.74, 6) is 0.219.